The smallest absolute Gasteiger partial charge is 0.272 e. The maximum Gasteiger partial charge on any atom is 0.272 e. The van der Waals surface area contributed by atoms with E-state index in [0.717, 1.165) is 22.6 Å². The van der Waals surface area contributed by atoms with E-state index in [2.05, 4.69) is 10.4 Å². The van der Waals surface area contributed by atoms with Gasteiger partial charge in [-0.05, 0) is 41.5 Å². The normalized spacial score (nSPS) is 15.7. The van der Waals surface area contributed by atoms with Crippen LogP contribution in [0.5, 0.6) is 5.75 Å². The standard InChI is InChI=1S/C21H20ClN3O3/c1-27-18-4-2-3-14(9-18)11-23-21(26)19-10-17-13-28-20(12-25(17)24-19)15-5-7-16(22)8-6-15/h2-10,20H,11-13H2,1H3,(H,23,26)/t20-/m0/s1. The van der Waals surface area contributed by atoms with E-state index in [-0.39, 0.29) is 12.0 Å². The predicted molar refractivity (Wildman–Crippen MR) is 105 cm³/mol. The Bertz CT molecular complexity index is 985. The van der Waals surface area contributed by atoms with E-state index in [1.165, 1.54) is 0 Å². The van der Waals surface area contributed by atoms with Crippen LogP contribution in [0.1, 0.15) is 33.4 Å². The summed E-state index contributed by atoms with van der Waals surface area (Å²) in [6, 6.07) is 16.9. The van der Waals surface area contributed by atoms with Crippen molar-refractivity contribution in [1.29, 1.82) is 0 Å². The molecule has 0 radical (unpaired) electrons. The van der Waals surface area contributed by atoms with Gasteiger partial charge in [-0.25, -0.2) is 0 Å². The summed E-state index contributed by atoms with van der Waals surface area (Å²) in [7, 11) is 1.62. The Morgan fingerprint density at radius 3 is 2.89 bits per heavy atom. The molecule has 1 N–H and O–H groups in total. The van der Waals surface area contributed by atoms with Crippen molar-refractivity contribution in [3.63, 3.8) is 0 Å². The molecule has 1 aliphatic rings. The number of fused-ring (bicyclic) bond motifs is 1. The number of hydrogen-bond acceptors (Lipinski definition) is 4. The number of ether oxygens (including phenoxy) is 2. The molecule has 0 unspecified atom stereocenters. The summed E-state index contributed by atoms with van der Waals surface area (Å²) in [5.41, 5.74) is 3.27. The molecular weight excluding hydrogens is 378 g/mol. The third kappa shape index (κ3) is 4.03. The molecule has 0 spiro atoms. The van der Waals surface area contributed by atoms with Gasteiger partial charge in [-0.2, -0.15) is 5.10 Å². The molecule has 1 amide bonds. The second-order valence-corrected chi connectivity index (χ2v) is 7.02. The Morgan fingerprint density at radius 2 is 2.11 bits per heavy atom. The lowest BCUT2D eigenvalue weighted by Gasteiger charge is -2.24. The molecule has 28 heavy (non-hydrogen) atoms. The third-order valence-electron chi connectivity index (χ3n) is 4.70. The van der Waals surface area contributed by atoms with E-state index in [1.807, 2.05) is 53.2 Å². The number of aromatic nitrogens is 2. The molecule has 144 valence electrons. The van der Waals surface area contributed by atoms with Crippen LogP contribution < -0.4 is 10.1 Å². The molecule has 1 atom stereocenters. The predicted octanol–water partition coefficient (Wildman–Crippen LogP) is 3.75. The van der Waals surface area contributed by atoms with Crippen LogP contribution in [0.4, 0.5) is 0 Å². The van der Waals surface area contributed by atoms with Crippen molar-refractivity contribution >= 4 is 17.5 Å². The molecule has 0 saturated carbocycles. The number of carbonyl (C=O) groups excluding carboxylic acids is 1. The number of halogens is 1. The molecule has 6 nitrogen and oxygen atoms in total. The van der Waals surface area contributed by atoms with Crippen LogP contribution in [0.15, 0.2) is 54.6 Å². The van der Waals surface area contributed by atoms with Crippen LogP contribution in [-0.2, 0) is 24.4 Å². The highest BCUT2D eigenvalue weighted by molar-refractivity contribution is 6.30. The molecule has 7 heteroatoms. The Labute approximate surface area is 168 Å². The van der Waals surface area contributed by atoms with Crippen molar-refractivity contribution in [2.24, 2.45) is 0 Å². The summed E-state index contributed by atoms with van der Waals surface area (Å²) >= 11 is 5.95. The van der Waals surface area contributed by atoms with Gasteiger partial charge in [-0.3, -0.25) is 9.48 Å². The van der Waals surface area contributed by atoms with Crippen LogP contribution in [-0.4, -0.2) is 22.8 Å². The molecule has 0 fully saturated rings. The monoisotopic (exact) mass is 397 g/mol. The number of hydrogen-bond donors (Lipinski definition) is 1. The van der Waals surface area contributed by atoms with Gasteiger partial charge < -0.3 is 14.8 Å². The maximum absolute atomic E-state index is 12.5. The molecule has 2 heterocycles. The first-order valence-corrected chi connectivity index (χ1v) is 9.35. The van der Waals surface area contributed by atoms with Crippen LogP contribution in [0, 0.1) is 0 Å². The summed E-state index contributed by atoms with van der Waals surface area (Å²) in [4.78, 5) is 12.5. The lowest BCUT2D eigenvalue weighted by molar-refractivity contribution is -0.00119. The SMILES string of the molecule is COc1cccc(CNC(=O)c2cc3n(n2)C[C@@H](c2ccc(Cl)cc2)OC3)c1. The molecule has 3 aromatic rings. The van der Waals surface area contributed by atoms with E-state index in [1.54, 1.807) is 13.2 Å². The van der Waals surface area contributed by atoms with Gasteiger partial charge in [-0.15, -0.1) is 0 Å². The van der Waals surface area contributed by atoms with Gasteiger partial charge in [0, 0.05) is 11.6 Å². The zero-order valence-electron chi connectivity index (χ0n) is 15.4. The van der Waals surface area contributed by atoms with Crippen LogP contribution >= 0.6 is 11.6 Å². The van der Waals surface area contributed by atoms with Gasteiger partial charge in [-0.1, -0.05) is 35.9 Å². The van der Waals surface area contributed by atoms with E-state index in [0.29, 0.717) is 30.4 Å². The minimum Gasteiger partial charge on any atom is -0.497 e. The topological polar surface area (TPSA) is 65.4 Å². The molecular formula is C21H20ClN3O3. The van der Waals surface area contributed by atoms with Gasteiger partial charge in [0.05, 0.1) is 26.0 Å². The fourth-order valence-electron chi connectivity index (χ4n) is 3.17. The summed E-state index contributed by atoms with van der Waals surface area (Å²) < 4.78 is 13.0. The van der Waals surface area contributed by atoms with Gasteiger partial charge in [0.2, 0.25) is 0 Å². The first kappa shape index (κ1) is 18.5. The minimum absolute atomic E-state index is 0.114. The van der Waals surface area contributed by atoms with Crippen molar-refractivity contribution in [3.8, 4) is 5.75 Å². The fraction of sp³-hybridized carbons (Fsp3) is 0.238. The molecule has 2 aromatic carbocycles. The van der Waals surface area contributed by atoms with Gasteiger partial charge in [0.25, 0.3) is 5.91 Å². The summed E-state index contributed by atoms with van der Waals surface area (Å²) in [5.74, 6) is 0.544. The molecule has 0 aliphatic carbocycles. The first-order valence-electron chi connectivity index (χ1n) is 8.97. The van der Waals surface area contributed by atoms with Crippen molar-refractivity contribution in [2.75, 3.05) is 7.11 Å². The average molecular weight is 398 g/mol. The number of methoxy groups -OCH3 is 1. The molecule has 1 aromatic heterocycles. The summed E-state index contributed by atoms with van der Waals surface area (Å²) in [5, 5.41) is 8.05. The highest BCUT2D eigenvalue weighted by Crippen LogP contribution is 2.27. The van der Waals surface area contributed by atoms with E-state index in [4.69, 9.17) is 21.1 Å². The molecule has 1 aliphatic heterocycles. The number of carbonyl (C=O) groups is 1. The number of nitrogens with one attached hydrogen (secondary N) is 1. The second-order valence-electron chi connectivity index (χ2n) is 6.59. The highest BCUT2D eigenvalue weighted by atomic mass is 35.5. The third-order valence-corrected chi connectivity index (χ3v) is 4.95. The van der Waals surface area contributed by atoms with Crippen molar-refractivity contribution in [3.05, 3.63) is 82.1 Å². The zero-order valence-corrected chi connectivity index (χ0v) is 16.1. The Hall–Kier alpha value is -2.83. The Kier molecular flexibility index (Phi) is 5.32. The fourth-order valence-corrected chi connectivity index (χ4v) is 3.30. The minimum atomic E-state index is -0.215. The molecule has 4 rings (SSSR count). The van der Waals surface area contributed by atoms with E-state index < -0.39 is 0 Å². The first-order chi connectivity index (χ1) is 13.6. The summed E-state index contributed by atoms with van der Waals surface area (Å²) in [6.45, 7) is 1.37. The molecule has 0 saturated heterocycles. The second kappa shape index (κ2) is 8.04. The number of benzene rings is 2. The van der Waals surface area contributed by atoms with Crippen LogP contribution in [0.3, 0.4) is 0 Å². The van der Waals surface area contributed by atoms with E-state index >= 15 is 0 Å². The van der Waals surface area contributed by atoms with Crippen molar-refractivity contribution in [2.45, 2.75) is 25.8 Å². The van der Waals surface area contributed by atoms with E-state index in [9.17, 15) is 4.79 Å². The van der Waals surface area contributed by atoms with Crippen molar-refractivity contribution in [1.82, 2.24) is 15.1 Å². The number of amides is 1. The van der Waals surface area contributed by atoms with Gasteiger partial charge >= 0.3 is 0 Å². The Morgan fingerprint density at radius 1 is 1.29 bits per heavy atom. The summed E-state index contributed by atoms with van der Waals surface area (Å²) in [6.07, 6.45) is -0.114. The van der Waals surface area contributed by atoms with Gasteiger partial charge in [0.1, 0.15) is 11.9 Å². The largest absolute Gasteiger partial charge is 0.497 e. The van der Waals surface area contributed by atoms with Crippen LogP contribution in [0.25, 0.3) is 0 Å². The Balaban J connectivity index is 1.42. The van der Waals surface area contributed by atoms with Crippen LogP contribution in [0.2, 0.25) is 5.02 Å². The van der Waals surface area contributed by atoms with Gasteiger partial charge in [0.15, 0.2) is 5.69 Å². The van der Waals surface area contributed by atoms with Crippen molar-refractivity contribution < 1.29 is 14.3 Å². The average Bonchev–Trinajstić information content (AvgIpc) is 3.16. The lowest BCUT2D eigenvalue weighted by Crippen LogP contribution is -2.24. The highest BCUT2D eigenvalue weighted by Gasteiger charge is 2.24. The number of rotatable bonds is 5. The molecule has 0 bridgehead atoms. The maximum atomic E-state index is 12.5. The zero-order chi connectivity index (χ0) is 19.5. The number of nitrogens with zero attached hydrogens (tertiary/aromatic N) is 2. The quantitative estimate of drug-likeness (QED) is 0.712. The lowest BCUT2D eigenvalue weighted by atomic mass is 10.1.